The van der Waals surface area contributed by atoms with Crippen molar-refractivity contribution in [1.82, 2.24) is 9.80 Å². The van der Waals surface area contributed by atoms with Gasteiger partial charge in [0.2, 0.25) is 11.8 Å². The fraction of sp³-hybridized carbons (Fsp3) is 0.462. The molecular weight excluding hydrogens is 402 g/mol. The van der Waals surface area contributed by atoms with Crippen molar-refractivity contribution in [1.29, 1.82) is 0 Å². The quantitative estimate of drug-likeness (QED) is 0.721. The van der Waals surface area contributed by atoms with Crippen LogP contribution >= 0.6 is 0 Å². The summed E-state index contributed by atoms with van der Waals surface area (Å²) in [6.45, 7) is 7.62. The number of nitrogens with zero attached hydrogens (tertiary/aromatic N) is 2. The molecule has 6 nitrogen and oxygen atoms in total. The Hall–Kier alpha value is -2.86. The maximum absolute atomic E-state index is 13.5. The molecule has 2 aromatic rings. The summed E-state index contributed by atoms with van der Waals surface area (Å²) in [7, 11) is 1.66. The Morgan fingerprint density at radius 2 is 1.75 bits per heavy atom. The molecule has 2 N–H and O–H groups in total. The summed E-state index contributed by atoms with van der Waals surface area (Å²) in [6, 6.07) is 16.0. The average molecular weight is 438 g/mol. The van der Waals surface area contributed by atoms with Crippen LogP contribution in [0.1, 0.15) is 32.8 Å². The summed E-state index contributed by atoms with van der Waals surface area (Å²) in [5.74, 6) is 0.450. The summed E-state index contributed by atoms with van der Waals surface area (Å²) in [4.78, 5) is 30.1. The van der Waals surface area contributed by atoms with E-state index in [1.165, 1.54) is 0 Å². The van der Waals surface area contributed by atoms with Crippen molar-refractivity contribution in [2.45, 2.75) is 39.2 Å². The van der Waals surface area contributed by atoms with Gasteiger partial charge in [0, 0.05) is 31.7 Å². The van der Waals surface area contributed by atoms with Gasteiger partial charge in [0.25, 0.3) is 0 Å². The zero-order valence-electron chi connectivity index (χ0n) is 19.6. The molecule has 32 heavy (non-hydrogen) atoms. The SMILES string of the molecule is CCCN1CCN(C(=O)C(C)(C)N)C[C@@H](Cc2ccccc2-c2ccccc2OC)C1=O. The molecule has 2 aromatic carbocycles. The first kappa shape index (κ1) is 23.8. The van der Waals surface area contributed by atoms with E-state index in [4.69, 9.17) is 10.5 Å². The number of amides is 2. The van der Waals surface area contributed by atoms with Gasteiger partial charge in [-0.15, -0.1) is 0 Å². The molecule has 1 atom stereocenters. The number of nitrogens with two attached hydrogens (primary N) is 1. The van der Waals surface area contributed by atoms with Gasteiger partial charge in [-0.05, 0) is 43.9 Å². The van der Waals surface area contributed by atoms with Crippen molar-refractivity contribution in [2.24, 2.45) is 11.7 Å². The zero-order valence-corrected chi connectivity index (χ0v) is 19.6. The molecule has 2 amide bonds. The van der Waals surface area contributed by atoms with E-state index in [-0.39, 0.29) is 17.7 Å². The van der Waals surface area contributed by atoms with E-state index >= 15 is 0 Å². The number of hydrogen-bond donors (Lipinski definition) is 1. The van der Waals surface area contributed by atoms with Crippen LogP contribution in [-0.2, 0) is 16.0 Å². The van der Waals surface area contributed by atoms with Crippen molar-refractivity contribution in [3.05, 3.63) is 54.1 Å². The summed E-state index contributed by atoms with van der Waals surface area (Å²) in [6.07, 6.45) is 1.43. The molecule has 0 aromatic heterocycles. The number of hydrogen-bond acceptors (Lipinski definition) is 4. The average Bonchev–Trinajstić information content (AvgIpc) is 2.93. The molecule has 0 saturated carbocycles. The van der Waals surface area contributed by atoms with Gasteiger partial charge >= 0.3 is 0 Å². The molecule has 1 aliphatic rings. The number of para-hydroxylation sites is 1. The molecule has 0 radical (unpaired) electrons. The standard InChI is InChI=1S/C26H35N3O3/c1-5-14-28-15-16-29(25(31)26(2,3)27)18-20(24(28)30)17-19-10-6-7-11-21(19)22-12-8-9-13-23(22)32-4/h6-13,20H,5,14-18,27H2,1-4H3/t20-/m1/s1. The van der Waals surface area contributed by atoms with Crippen LogP contribution < -0.4 is 10.5 Å². The van der Waals surface area contributed by atoms with Crippen molar-refractivity contribution < 1.29 is 14.3 Å². The van der Waals surface area contributed by atoms with Gasteiger partial charge in [0.15, 0.2) is 0 Å². The minimum atomic E-state index is -0.969. The third-order valence-electron chi connectivity index (χ3n) is 5.95. The maximum atomic E-state index is 13.5. The lowest BCUT2D eigenvalue weighted by molar-refractivity contribution is -0.137. The topological polar surface area (TPSA) is 75.9 Å². The summed E-state index contributed by atoms with van der Waals surface area (Å²) >= 11 is 0. The van der Waals surface area contributed by atoms with E-state index in [9.17, 15) is 9.59 Å². The lowest BCUT2D eigenvalue weighted by atomic mass is 9.90. The Bertz CT molecular complexity index is 951. The highest BCUT2D eigenvalue weighted by Crippen LogP contribution is 2.33. The Balaban J connectivity index is 1.96. The van der Waals surface area contributed by atoms with Crippen molar-refractivity contribution in [2.75, 3.05) is 33.3 Å². The number of rotatable bonds is 7. The zero-order chi connectivity index (χ0) is 23.3. The van der Waals surface area contributed by atoms with E-state index in [1.807, 2.05) is 41.3 Å². The molecule has 1 saturated heterocycles. The highest BCUT2D eigenvalue weighted by molar-refractivity contribution is 5.87. The maximum Gasteiger partial charge on any atom is 0.242 e. The first-order valence-corrected chi connectivity index (χ1v) is 11.3. The van der Waals surface area contributed by atoms with Gasteiger partial charge in [-0.3, -0.25) is 9.59 Å². The highest BCUT2D eigenvalue weighted by Gasteiger charge is 2.36. The van der Waals surface area contributed by atoms with Crippen LogP contribution in [0.25, 0.3) is 11.1 Å². The molecule has 0 aliphatic carbocycles. The molecule has 1 fully saturated rings. The molecule has 172 valence electrons. The van der Waals surface area contributed by atoms with Crippen LogP contribution in [0.2, 0.25) is 0 Å². The predicted octanol–water partition coefficient (Wildman–Crippen LogP) is 3.34. The van der Waals surface area contributed by atoms with E-state index < -0.39 is 5.54 Å². The summed E-state index contributed by atoms with van der Waals surface area (Å²) in [5.41, 5.74) is 8.25. The summed E-state index contributed by atoms with van der Waals surface area (Å²) < 4.78 is 5.58. The third kappa shape index (κ3) is 5.30. The first-order valence-electron chi connectivity index (χ1n) is 11.3. The van der Waals surface area contributed by atoms with Gasteiger partial charge in [-0.25, -0.2) is 0 Å². The van der Waals surface area contributed by atoms with Gasteiger partial charge in [-0.2, -0.15) is 0 Å². The molecule has 0 spiro atoms. The highest BCUT2D eigenvalue weighted by atomic mass is 16.5. The van der Waals surface area contributed by atoms with Crippen LogP contribution in [0, 0.1) is 5.92 Å². The predicted molar refractivity (Wildman–Crippen MR) is 127 cm³/mol. The lowest BCUT2D eigenvalue weighted by Crippen LogP contribution is -2.52. The third-order valence-corrected chi connectivity index (χ3v) is 5.95. The van der Waals surface area contributed by atoms with E-state index in [1.54, 1.807) is 25.9 Å². The number of ether oxygens (including phenoxy) is 1. The second-order valence-electron chi connectivity index (χ2n) is 9.06. The monoisotopic (exact) mass is 437 g/mol. The van der Waals surface area contributed by atoms with E-state index in [2.05, 4.69) is 19.1 Å². The van der Waals surface area contributed by atoms with E-state index in [0.29, 0.717) is 32.6 Å². The van der Waals surface area contributed by atoms with Crippen molar-refractivity contribution >= 4 is 11.8 Å². The lowest BCUT2D eigenvalue weighted by Gasteiger charge is -2.29. The van der Waals surface area contributed by atoms with Gasteiger partial charge in [0.1, 0.15) is 5.75 Å². The number of methoxy groups -OCH3 is 1. The fourth-order valence-corrected chi connectivity index (χ4v) is 4.37. The van der Waals surface area contributed by atoms with Gasteiger partial charge in [-0.1, -0.05) is 49.4 Å². The van der Waals surface area contributed by atoms with Crippen molar-refractivity contribution in [3.63, 3.8) is 0 Å². The molecule has 1 aliphatic heterocycles. The minimum absolute atomic E-state index is 0.104. The normalized spacial score (nSPS) is 17.3. The Labute approximate surface area is 191 Å². The largest absolute Gasteiger partial charge is 0.496 e. The molecule has 3 rings (SSSR count). The van der Waals surface area contributed by atoms with Crippen molar-refractivity contribution in [3.8, 4) is 16.9 Å². The van der Waals surface area contributed by atoms with Crippen LogP contribution in [0.3, 0.4) is 0 Å². The first-order chi connectivity index (χ1) is 15.3. The van der Waals surface area contributed by atoms with Crippen LogP contribution in [-0.4, -0.2) is 60.4 Å². The second kappa shape index (κ2) is 10.2. The Morgan fingerprint density at radius 1 is 1.09 bits per heavy atom. The molecule has 6 heteroatoms. The number of carbonyl (C=O) groups excluding carboxylic acids is 2. The molecule has 0 bridgehead atoms. The van der Waals surface area contributed by atoms with Gasteiger partial charge < -0.3 is 20.3 Å². The van der Waals surface area contributed by atoms with Crippen LogP contribution in [0.5, 0.6) is 5.75 Å². The Morgan fingerprint density at radius 3 is 2.41 bits per heavy atom. The smallest absolute Gasteiger partial charge is 0.242 e. The van der Waals surface area contributed by atoms with Crippen LogP contribution in [0.4, 0.5) is 0 Å². The molecular formula is C26H35N3O3. The number of carbonyl (C=O) groups is 2. The molecule has 0 unspecified atom stereocenters. The number of benzene rings is 2. The Kier molecular flexibility index (Phi) is 7.56. The second-order valence-corrected chi connectivity index (χ2v) is 9.06. The van der Waals surface area contributed by atoms with Gasteiger partial charge in [0.05, 0.1) is 18.6 Å². The minimum Gasteiger partial charge on any atom is -0.496 e. The molecule has 1 heterocycles. The summed E-state index contributed by atoms with van der Waals surface area (Å²) in [5, 5.41) is 0. The van der Waals surface area contributed by atoms with E-state index in [0.717, 1.165) is 28.9 Å². The fourth-order valence-electron chi connectivity index (χ4n) is 4.37. The van der Waals surface area contributed by atoms with Crippen LogP contribution in [0.15, 0.2) is 48.5 Å².